The summed E-state index contributed by atoms with van der Waals surface area (Å²) in [7, 11) is -21.4. The second-order valence-corrected chi connectivity index (χ2v) is 20.8. The van der Waals surface area contributed by atoms with Gasteiger partial charge in [-0.1, -0.05) is 60.7 Å². The molecule has 0 aromatic heterocycles. The molecule has 0 bridgehead atoms. The van der Waals surface area contributed by atoms with E-state index in [1.54, 1.807) is 0 Å². The summed E-state index contributed by atoms with van der Waals surface area (Å²) in [5.74, 6) is -6.31. The normalized spacial score (nSPS) is 13.4. The summed E-state index contributed by atoms with van der Waals surface area (Å²) in [5.41, 5.74) is 4.32. The molecule has 0 unspecified atom stereocenters. The van der Waals surface area contributed by atoms with Crippen molar-refractivity contribution >= 4 is 121 Å². The van der Waals surface area contributed by atoms with Gasteiger partial charge >= 0.3 is 118 Å². The first-order valence-electron chi connectivity index (χ1n) is 19.7. The number of nitrogens with two attached hydrogens (primary N) is 2. The molecule has 0 saturated carbocycles. The van der Waals surface area contributed by atoms with Gasteiger partial charge in [-0.25, -0.2) is 16.8 Å². The van der Waals surface area contributed by atoms with Crippen LogP contribution in [0.4, 0.5) is 45.5 Å². The van der Waals surface area contributed by atoms with Gasteiger partial charge in [0, 0.05) is 33.6 Å². The standard InChI is InChI=1S/C44H30N6O18S4.4Na/c45-39-31(71(63,64)65)17-27(35-37(39)43(55)23-7-3-1-5-21(23)41(35)53)47-19-9-11-25(29(15-19)69(57,58)59)49-33(51)13-14-34(52)50-26-12-10-20(16-30(26)70(60,61)62)48-28-18-32(72(66,67)68)40(46)38-36(28)42(54)22-6-2-4-8-24(22)44(38)56;;;;/h1-18,47-48H,45-46H2,(H,49,51)(H,50,52)(H,57,58,59)(H,60,61,62)(H,63,64,65)(H,66,67,68);;;;/q;4*+1/p-4/b14-13+;;;;. The van der Waals surface area contributed by atoms with Crippen LogP contribution in [0.25, 0.3) is 0 Å². The van der Waals surface area contributed by atoms with Crippen LogP contribution < -0.4 is 151 Å². The molecule has 368 valence electrons. The molecule has 24 nitrogen and oxygen atoms in total. The van der Waals surface area contributed by atoms with Crippen LogP contribution in [0.2, 0.25) is 0 Å². The van der Waals surface area contributed by atoms with E-state index in [1.807, 2.05) is 0 Å². The number of nitrogen functional groups attached to an aromatic ring is 2. The Balaban J connectivity index is 0.00000312. The second kappa shape index (κ2) is 23.9. The van der Waals surface area contributed by atoms with Crippen LogP contribution in [-0.4, -0.2) is 86.8 Å². The van der Waals surface area contributed by atoms with E-state index >= 15 is 0 Å². The van der Waals surface area contributed by atoms with E-state index in [0.29, 0.717) is 36.4 Å². The zero-order chi connectivity index (χ0) is 52.6. The molecule has 0 saturated heterocycles. The molecule has 2 aliphatic rings. The fourth-order valence-electron chi connectivity index (χ4n) is 7.75. The first kappa shape index (κ1) is 64.0. The third-order valence-electron chi connectivity index (χ3n) is 10.8. The molecule has 0 amide bonds. The predicted octanol–water partition coefficient (Wildman–Crippen LogP) is -9.76. The molecule has 0 aliphatic heterocycles. The average molecular weight is 1150 g/mol. The van der Waals surface area contributed by atoms with Crippen LogP contribution in [0.3, 0.4) is 0 Å². The average Bonchev–Trinajstić information content (AvgIpc) is 3.29. The molecule has 6 aromatic carbocycles. The molecule has 6 aromatic rings. The first-order valence-corrected chi connectivity index (χ1v) is 25.4. The van der Waals surface area contributed by atoms with Crippen molar-refractivity contribution in [1.29, 1.82) is 0 Å². The summed E-state index contributed by atoms with van der Waals surface area (Å²) in [4.78, 5) is 57.0. The molecular weight excluding hydrogens is 1120 g/mol. The Hall–Kier alpha value is -4.48. The van der Waals surface area contributed by atoms with Crippen molar-refractivity contribution in [3.63, 3.8) is 0 Å². The van der Waals surface area contributed by atoms with Crippen LogP contribution >= 0.6 is 0 Å². The van der Waals surface area contributed by atoms with Crippen molar-refractivity contribution in [3.05, 3.63) is 154 Å². The molecule has 0 fully saturated rings. The molecule has 76 heavy (non-hydrogen) atoms. The zero-order valence-electron chi connectivity index (χ0n) is 39.5. The van der Waals surface area contributed by atoms with Gasteiger partial charge in [0.15, 0.2) is 23.1 Å². The summed E-state index contributed by atoms with van der Waals surface area (Å²) in [6.45, 7) is 0. The van der Waals surface area contributed by atoms with E-state index in [0.717, 1.165) is 24.3 Å². The minimum absolute atomic E-state index is 0. The molecule has 2 aliphatic carbocycles. The van der Waals surface area contributed by atoms with Crippen LogP contribution in [0.5, 0.6) is 0 Å². The van der Waals surface area contributed by atoms with Crippen molar-refractivity contribution in [3.8, 4) is 0 Å². The maximum atomic E-state index is 13.7. The SMILES string of the molecule is Nc1c(S(=O)(=O)O)cc(Nc2ccc(N=C([O-])/C=C/C([O-])=Nc3ccc(Nc4cc(S(=O)(=O)O)c(N)c5c4C(=O)c4ccccc4C5=O)cc3S(=O)(=O)[O-])c(S(=O)(=O)[O-])c2)c2c1C(=O)c1ccccc1C2=O.[Na+].[Na+].[Na+].[Na+]. The van der Waals surface area contributed by atoms with E-state index in [4.69, 9.17) is 11.5 Å². The summed E-state index contributed by atoms with van der Waals surface area (Å²) < 4.78 is 144. The summed E-state index contributed by atoms with van der Waals surface area (Å²) in [6.07, 6.45) is 0.817. The van der Waals surface area contributed by atoms with E-state index in [1.165, 1.54) is 48.5 Å². The monoisotopic (exact) mass is 1150 g/mol. The Morgan fingerprint density at radius 2 is 0.750 bits per heavy atom. The van der Waals surface area contributed by atoms with Crippen LogP contribution in [0, 0.1) is 0 Å². The van der Waals surface area contributed by atoms with Gasteiger partial charge in [-0.3, -0.25) is 38.3 Å². The third kappa shape index (κ3) is 12.7. The van der Waals surface area contributed by atoms with E-state index in [2.05, 4.69) is 20.6 Å². The number of aliphatic imine (C=N–C) groups is 2. The zero-order valence-corrected chi connectivity index (χ0v) is 50.8. The molecule has 8 rings (SSSR count). The smallest absolute Gasteiger partial charge is 0.859 e. The van der Waals surface area contributed by atoms with E-state index in [9.17, 15) is 81.3 Å². The molecule has 8 N–H and O–H groups in total. The number of fused-ring (bicyclic) bond motifs is 4. The van der Waals surface area contributed by atoms with Gasteiger partial charge in [0.1, 0.15) is 30.0 Å². The fraction of sp³-hybridized carbons (Fsp3) is 0. The number of carbonyl (C=O) groups excluding carboxylic acids is 4. The van der Waals surface area contributed by atoms with Gasteiger partial charge in [0.2, 0.25) is 0 Å². The van der Waals surface area contributed by atoms with Crippen LogP contribution in [0.15, 0.2) is 139 Å². The van der Waals surface area contributed by atoms with Gasteiger partial charge in [0.05, 0.1) is 66.2 Å². The topological polar surface area (TPSA) is 438 Å². The molecule has 0 radical (unpaired) electrons. The number of ketones is 4. The van der Waals surface area contributed by atoms with Crippen molar-refractivity contribution in [2.24, 2.45) is 9.98 Å². The maximum Gasteiger partial charge on any atom is 1.00 e. The van der Waals surface area contributed by atoms with E-state index < -0.39 is 151 Å². The van der Waals surface area contributed by atoms with Crippen molar-refractivity contribution in [2.75, 3.05) is 22.1 Å². The van der Waals surface area contributed by atoms with Gasteiger partial charge in [-0.05, 0) is 60.3 Å². The first-order chi connectivity index (χ1) is 33.6. The van der Waals surface area contributed by atoms with Gasteiger partial charge in [-0.2, -0.15) is 16.8 Å². The number of nitrogens with zero attached hydrogens (tertiary/aromatic N) is 2. The largest absolute Gasteiger partial charge is 1.00 e. The molecule has 0 spiro atoms. The quantitative estimate of drug-likeness (QED) is 0.0217. The third-order valence-corrected chi connectivity index (χ3v) is 14.3. The number of hydrogen-bond acceptors (Lipinski definition) is 22. The maximum absolute atomic E-state index is 13.7. The minimum Gasteiger partial charge on any atom is -0.859 e. The Labute approximate surface area is 519 Å². The molecule has 0 atom stereocenters. The van der Waals surface area contributed by atoms with Gasteiger partial charge < -0.3 is 41.4 Å². The molecule has 32 heteroatoms. The molecule has 0 heterocycles. The number of hydrogen-bond donors (Lipinski definition) is 6. The Morgan fingerprint density at radius 1 is 0.461 bits per heavy atom. The Bertz CT molecular complexity index is 3820. The van der Waals surface area contributed by atoms with Crippen molar-refractivity contribution < 1.29 is 200 Å². The van der Waals surface area contributed by atoms with Gasteiger partial charge in [0.25, 0.3) is 20.2 Å². The number of benzene rings is 6. The fourth-order valence-corrected chi connectivity index (χ4v) is 10.3. The van der Waals surface area contributed by atoms with Crippen molar-refractivity contribution in [1.82, 2.24) is 0 Å². The number of nitrogens with one attached hydrogen (secondary N) is 2. The molecular formula is C44H26N6Na4O18S4. The number of carbonyl (C=O) groups is 4. The Kier molecular flexibility index (Phi) is 20.1. The summed E-state index contributed by atoms with van der Waals surface area (Å²) in [5, 5.41) is 30.9. The second-order valence-electron chi connectivity index (χ2n) is 15.3. The number of anilines is 6. The van der Waals surface area contributed by atoms with E-state index in [-0.39, 0.29) is 152 Å². The summed E-state index contributed by atoms with van der Waals surface area (Å²) in [6, 6.07) is 17.1. The number of rotatable bonds is 12. The minimum atomic E-state index is -5.54. The Morgan fingerprint density at radius 3 is 1.03 bits per heavy atom. The van der Waals surface area contributed by atoms with Crippen LogP contribution in [0.1, 0.15) is 63.7 Å². The summed E-state index contributed by atoms with van der Waals surface area (Å²) >= 11 is 0. The van der Waals surface area contributed by atoms with Crippen molar-refractivity contribution in [2.45, 2.75) is 19.6 Å². The van der Waals surface area contributed by atoms with Gasteiger partial charge in [-0.15, -0.1) is 0 Å². The van der Waals surface area contributed by atoms with Crippen LogP contribution in [-0.2, 0) is 40.5 Å². The predicted molar refractivity (Wildman–Crippen MR) is 247 cm³/mol.